The monoisotopic (exact) mass is 350 g/mol. The zero-order valence-corrected chi connectivity index (χ0v) is 14.5. The number of carbonyl (C=O) groups is 2. The summed E-state index contributed by atoms with van der Waals surface area (Å²) in [6, 6.07) is 7.56. The third kappa shape index (κ3) is 2.35. The Morgan fingerprint density at radius 2 is 2.12 bits per heavy atom. The fourth-order valence-electron chi connectivity index (χ4n) is 3.53. The molecule has 0 radical (unpaired) electrons. The maximum Gasteiger partial charge on any atom is 0.340 e. The van der Waals surface area contributed by atoms with E-state index in [1.165, 1.54) is 6.33 Å². The summed E-state index contributed by atoms with van der Waals surface area (Å²) in [4.78, 5) is 29.4. The number of amides is 1. The van der Waals surface area contributed by atoms with E-state index in [9.17, 15) is 9.59 Å². The maximum atomic E-state index is 12.6. The van der Waals surface area contributed by atoms with Crippen molar-refractivity contribution in [1.29, 1.82) is 0 Å². The van der Waals surface area contributed by atoms with Crippen LogP contribution in [0.15, 0.2) is 36.8 Å². The Morgan fingerprint density at radius 3 is 2.88 bits per heavy atom. The number of hydrogen-bond acceptors (Lipinski definition) is 5. The van der Waals surface area contributed by atoms with E-state index in [-0.39, 0.29) is 5.91 Å². The number of hydrogen-bond donors (Lipinski definition) is 1. The first kappa shape index (κ1) is 16.3. The lowest BCUT2D eigenvalue weighted by atomic mass is 9.94. The highest BCUT2D eigenvalue weighted by Crippen LogP contribution is 2.38. The molecule has 0 aliphatic carbocycles. The highest BCUT2D eigenvalue weighted by Gasteiger charge is 2.35. The van der Waals surface area contributed by atoms with E-state index in [1.54, 1.807) is 17.6 Å². The van der Waals surface area contributed by atoms with Crippen LogP contribution >= 0.6 is 0 Å². The second-order valence-corrected chi connectivity index (χ2v) is 6.04. The van der Waals surface area contributed by atoms with Gasteiger partial charge >= 0.3 is 5.97 Å². The number of benzene rings is 1. The predicted octanol–water partition coefficient (Wildman–Crippen LogP) is 2.55. The van der Waals surface area contributed by atoms with Crippen LogP contribution in [0.2, 0.25) is 0 Å². The smallest absolute Gasteiger partial charge is 0.340 e. The van der Waals surface area contributed by atoms with Gasteiger partial charge < -0.3 is 10.1 Å². The molecular weight excluding hydrogens is 332 g/mol. The summed E-state index contributed by atoms with van der Waals surface area (Å²) in [7, 11) is 0. The number of nitrogens with zero attached hydrogens (tertiary/aromatic N) is 3. The van der Waals surface area contributed by atoms with E-state index in [2.05, 4.69) is 15.4 Å². The van der Waals surface area contributed by atoms with E-state index in [0.29, 0.717) is 29.8 Å². The molecule has 0 fully saturated rings. The van der Waals surface area contributed by atoms with Gasteiger partial charge in [0.1, 0.15) is 12.2 Å². The van der Waals surface area contributed by atoms with Gasteiger partial charge in [0.15, 0.2) is 0 Å². The van der Waals surface area contributed by atoms with Gasteiger partial charge in [-0.1, -0.05) is 25.1 Å². The molecule has 7 nitrogen and oxygen atoms in total. The first-order valence-corrected chi connectivity index (χ1v) is 8.57. The van der Waals surface area contributed by atoms with Crippen molar-refractivity contribution in [3.05, 3.63) is 59.2 Å². The molecule has 0 saturated carbocycles. The number of para-hydroxylation sites is 1. The first-order chi connectivity index (χ1) is 12.7. The highest BCUT2D eigenvalue weighted by atomic mass is 16.5. The van der Waals surface area contributed by atoms with Gasteiger partial charge in [-0.05, 0) is 30.5 Å². The number of aryl methyl sites for hydroxylation is 1. The van der Waals surface area contributed by atoms with Gasteiger partial charge in [-0.2, -0.15) is 5.10 Å². The quantitative estimate of drug-likeness (QED) is 0.731. The van der Waals surface area contributed by atoms with Crippen molar-refractivity contribution >= 4 is 23.1 Å². The van der Waals surface area contributed by atoms with Gasteiger partial charge in [0.05, 0.1) is 23.4 Å². The Hall–Kier alpha value is -3.22. The Kier molecular flexibility index (Phi) is 3.91. The maximum absolute atomic E-state index is 12.6. The molecule has 1 amide bonds. The van der Waals surface area contributed by atoms with E-state index in [4.69, 9.17) is 4.74 Å². The fourth-order valence-corrected chi connectivity index (χ4v) is 3.53. The van der Waals surface area contributed by atoms with Crippen LogP contribution in [0.1, 0.15) is 46.9 Å². The molecule has 0 bridgehead atoms. The van der Waals surface area contributed by atoms with Crippen molar-refractivity contribution in [1.82, 2.24) is 14.6 Å². The molecule has 0 spiro atoms. The molecular formula is C19H18N4O3. The Morgan fingerprint density at radius 1 is 1.31 bits per heavy atom. The number of nitrogens with one attached hydrogen (secondary N) is 1. The lowest BCUT2D eigenvalue weighted by molar-refractivity contribution is -0.116. The number of esters is 1. The van der Waals surface area contributed by atoms with Gasteiger partial charge in [-0.15, -0.1) is 0 Å². The highest BCUT2D eigenvalue weighted by molar-refractivity contribution is 6.06. The lowest BCUT2D eigenvalue weighted by Gasteiger charge is -2.11. The summed E-state index contributed by atoms with van der Waals surface area (Å²) >= 11 is 0. The van der Waals surface area contributed by atoms with Gasteiger partial charge in [-0.25, -0.2) is 14.3 Å². The second kappa shape index (κ2) is 6.25. The van der Waals surface area contributed by atoms with E-state index < -0.39 is 11.9 Å². The molecule has 1 atom stereocenters. The summed E-state index contributed by atoms with van der Waals surface area (Å²) in [5, 5.41) is 7.13. The van der Waals surface area contributed by atoms with Crippen LogP contribution in [0.3, 0.4) is 0 Å². The first-order valence-electron chi connectivity index (χ1n) is 8.57. The van der Waals surface area contributed by atoms with Crippen LogP contribution in [-0.4, -0.2) is 33.1 Å². The number of carbonyl (C=O) groups excluding carboxylic acids is 2. The molecule has 26 heavy (non-hydrogen) atoms. The van der Waals surface area contributed by atoms with Gasteiger partial charge in [-0.3, -0.25) is 4.79 Å². The molecule has 0 saturated heterocycles. The zero-order chi connectivity index (χ0) is 18.3. The molecule has 1 unspecified atom stereocenters. The average molecular weight is 350 g/mol. The summed E-state index contributed by atoms with van der Waals surface area (Å²) in [6.07, 6.45) is 3.65. The van der Waals surface area contributed by atoms with E-state index in [1.807, 2.05) is 31.2 Å². The van der Waals surface area contributed by atoms with Crippen LogP contribution < -0.4 is 5.32 Å². The molecule has 4 rings (SSSR count). The van der Waals surface area contributed by atoms with Crippen LogP contribution in [-0.2, 0) is 16.0 Å². The molecule has 3 heterocycles. The summed E-state index contributed by atoms with van der Waals surface area (Å²) < 4.78 is 6.78. The number of ether oxygens (including phenoxy) is 1. The number of anilines is 1. The van der Waals surface area contributed by atoms with Crippen LogP contribution in [0.25, 0.3) is 5.52 Å². The Balaban J connectivity index is 1.94. The number of aromatic nitrogens is 3. The standard InChI is InChI=1S/C19H18N4O3/c1-3-11-13(19(25)26-4-2)9-23-17(11)16(20-10-21-23)15-12-7-5-6-8-14(12)22-18(15)24/h5-10,15H,3-4H2,1-2H3,(H,22,24). The Labute approximate surface area is 150 Å². The summed E-state index contributed by atoms with van der Waals surface area (Å²) in [5.74, 6) is -1.06. The Bertz CT molecular complexity index is 1020. The van der Waals surface area contributed by atoms with Crippen molar-refractivity contribution in [2.24, 2.45) is 0 Å². The minimum Gasteiger partial charge on any atom is -0.462 e. The third-order valence-electron chi connectivity index (χ3n) is 4.62. The molecule has 1 aliphatic heterocycles. The number of rotatable bonds is 4. The molecule has 3 aromatic rings. The molecule has 1 aliphatic rings. The normalized spacial score (nSPS) is 15.8. The average Bonchev–Trinajstić information content (AvgIpc) is 3.18. The third-order valence-corrected chi connectivity index (χ3v) is 4.62. The van der Waals surface area contributed by atoms with Gasteiger partial charge in [0.25, 0.3) is 0 Å². The van der Waals surface area contributed by atoms with Crippen molar-refractivity contribution in [2.75, 3.05) is 11.9 Å². The van der Waals surface area contributed by atoms with Crippen molar-refractivity contribution < 1.29 is 14.3 Å². The van der Waals surface area contributed by atoms with Crippen LogP contribution in [0, 0.1) is 0 Å². The number of fused-ring (bicyclic) bond motifs is 2. The summed E-state index contributed by atoms with van der Waals surface area (Å²) in [5.41, 5.74) is 4.19. The van der Waals surface area contributed by atoms with Crippen LogP contribution in [0.5, 0.6) is 0 Å². The van der Waals surface area contributed by atoms with Gasteiger partial charge in [0.2, 0.25) is 5.91 Å². The molecule has 132 valence electrons. The molecule has 1 aromatic carbocycles. The minimum absolute atomic E-state index is 0.132. The largest absolute Gasteiger partial charge is 0.462 e. The van der Waals surface area contributed by atoms with Crippen molar-refractivity contribution in [3.8, 4) is 0 Å². The SMILES string of the molecule is CCOC(=O)c1cn2ncnc(C3C(=O)Nc4ccccc43)c2c1CC. The lowest BCUT2D eigenvalue weighted by Crippen LogP contribution is -2.16. The van der Waals surface area contributed by atoms with Crippen molar-refractivity contribution in [3.63, 3.8) is 0 Å². The second-order valence-electron chi connectivity index (χ2n) is 6.04. The topological polar surface area (TPSA) is 85.6 Å². The minimum atomic E-state index is -0.535. The van der Waals surface area contributed by atoms with Crippen LogP contribution in [0.4, 0.5) is 5.69 Å². The zero-order valence-electron chi connectivity index (χ0n) is 14.5. The summed E-state index contributed by atoms with van der Waals surface area (Å²) in [6.45, 7) is 4.02. The molecule has 7 heteroatoms. The fraction of sp³-hybridized carbons (Fsp3) is 0.263. The molecule has 1 N–H and O–H groups in total. The predicted molar refractivity (Wildman–Crippen MR) is 95.2 cm³/mol. The van der Waals surface area contributed by atoms with E-state index >= 15 is 0 Å². The van der Waals surface area contributed by atoms with Crippen molar-refractivity contribution in [2.45, 2.75) is 26.2 Å². The molecule has 2 aromatic heterocycles. The van der Waals surface area contributed by atoms with Gasteiger partial charge in [0, 0.05) is 11.9 Å². The van der Waals surface area contributed by atoms with E-state index in [0.717, 1.165) is 16.8 Å².